The third-order valence-corrected chi connectivity index (χ3v) is 2.38. The van der Waals surface area contributed by atoms with Crippen molar-refractivity contribution in [3.05, 3.63) is 0 Å². The highest BCUT2D eigenvalue weighted by Crippen LogP contribution is 1.96. The average Bonchev–Trinajstić information content (AvgIpc) is 2.14. The SMILES string of the molecule is CN(C)CCCN(CCCN(C)C)C(N)=O. The minimum Gasteiger partial charge on any atom is -0.351 e. The van der Waals surface area contributed by atoms with Gasteiger partial charge in [0.25, 0.3) is 0 Å². The largest absolute Gasteiger partial charge is 0.351 e. The molecule has 0 aliphatic rings. The van der Waals surface area contributed by atoms with Gasteiger partial charge in [0.05, 0.1) is 0 Å². The van der Waals surface area contributed by atoms with Crippen molar-refractivity contribution in [3.63, 3.8) is 0 Å². The van der Waals surface area contributed by atoms with Crippen molar-refractivity contribution in [2.45, 2.75) is 12.8 Å². The molecule has 2 amide bonds. The molecular weight excluding hydrogens is 204 g/mol. The van der Waals surface area contributed by atoms with Gasteiger partial charge in [-0.2, -0.15) is 0 Å². The Kier molecular flexibility index (Phi) is 7.93. The Labute approximate surface area is 99.2 Å². The van der Waals surface area contributed by atoms with E-state index in [1.807, 2.05) is 28.2 Å². The second-order valence-corrected chi connectivity index (χ2v) is 4.64. The summed E-state index contributed by atoms with van der Waals surface area (Å²) in [6.45, 7) is 3.47. The van der Waals surface area contributed by atoms with Crippen molar-refractivity contribution in [1.29, 1.82) is 0 Å². The second-order valence-electron chi connectivity index (χ2n) is 4.64. The fourth-order valence-electron chi connectivity index (χ4n) is 1.49. The number of hydrogen-bond acceptors (Lipinski definition) is 3. The van der Waals surface area contributed by atoms with E-state index in [1.54, 1.807) is 4.90 Å². The molecule has 0 saturated carbocycles. The Balaban J connectivity index is 3.76. The molecular formula is C11H26N4O. The number of nitrogens with two attached hydrogens (primary N) is 1. The van der Waals surface area contributed by atoms with Crippen molar-refractivity contribution < 1.29 is 4.79 Å². The van der Waals surface area contributed by atoms with E-state index in [4.69, 9.17) is 5.73 Å². The molecule has 0 aromatic heterocycles. The maximum Gasteiger partial charge on any atom is 0.314 e. The number of carbonyl (C=O) groups is 1. The van der Waals surface area contributed by atoms with Crippen LogP contribution in [0.5, 0.6) is 0 Å². The third-order valence-electron chi connectivity index (χ3n) is 2.38. The van der Waals surface area contributed by atoms with Crippen LogP contribution in [-0.2, 0) is 0 Å². The lowest BCUT2D eigenvalue weighted by Gasteiger charge is -2.22. The van der Waals surface area contributed by atoms with Crippen molar-refractivity contribution >= 4 is 6.03 Å². The quantitative estimate of drug-likeness (QED) is 0.651. The third kappa shape index (κ3) is 8.49. The van der Waals surface area contributed by atoms with E-state index in [0.29, 0.717) is 0 Å². The van der Waals surface area contributed by atoms with Gasteiger partial charge >= 0.3 is 6.03 Å². The average molecular weight is 230 g/mol. The van der Waals surface area contributed by atoms with E-state index in [0.717, 1.165) is 39.0 Å². The van der Waals surface area contributed by atoms with Crippen molar-refractivity contribution in [1.82, 2.24) is 14.7 Å². The molecule has 0 spiro atoms. The minimum absolute atomic E-state index is 0.308. The Hall–Kier alpha value is -0.810. The molecule has 0 aromatic carbocycles. The van der Waals surface area contributed by atoms with Crippen LogP contribution in [0, 0.1) is 0 Å². The normalized spacial score (nSPS) is 11.1. The van der Waals surface area contributed by atoms with E-state index >= 15 is 0 Å². The summed E-state index contributed by atoms with van der Waals surface area (Å²) in [6, 6.07) is -0.308. The minimum atomic E-state index is -0.308. The number of hydrogen-bond donors (Lipinski definition) is 1. The second kappa shape index (κ2) is 8.35. The Morgan fingerprint density at radius 1 is 0.875 bits per heavy atom. The monoisotopic (exact) mass is 230 g/mol. The molecule has 5 nitrogen and oxygen atoms in total. The predicted octanol–water partition coefficient (Wildman–Crippen LogP) is 0.271. The van der Waals surface area contributed by atoms with Gasteiger partial charge in [0.2, 0.25) is 0 Å². The maximum absolute atomic E-state index is 11.2. The lowest BCUT2D eigenvalue weighted by molar-refractivity contribution is 0.201. The van der Waals surface area contributed by atoms with Gasteiger partial charge in [0, 0.05) is 13.1 Å². The first kappa shape index (κ1) is 15.2. The van der Waals surface area contributed by atoms with Crippen LogP contribution in [0.3, 0.4) is 0 Å². The lowest BCUT2D eigenvalue weighted by atomic mass is 10.3. The zero-order valence-corrected chi connectivity index (χ0v) is 11.1. The molecule has 0 aliphatic heterocycles. The number of primary amides is 1. The number of urea groups is 1. The van der Waals surface area contributed by atoms with E-state index < -0.39 is 0 Å². The molecule has 0 saturated heterocycles. The van der Waals surface area contributed by atoms with Crippen LogP contribution in [-0.4, -0.2) is 75.1 Å². The zero-order chi connectivity index (χ0) is 12.6. The zero-order valence-electron chi connectivity index (χ0n) is 11.1. The van der Waals surface area contributed by atoms with E-state index in [2.05, 4.69) is 9.80 Å². The first-order valence-corrected chi connectivity index (χ1v) is 5.77. The smallest absolute Gasteiger partial charge is 0.314 e. The molecule has 96 valence electrons. The van der Waals surface area contributed by atoms with Gasteiger partial charge < -0.3 is 20.4 Å². The summed E-state index contributed by atoms with van der Waals surface area (Å²) in [5.74, 6) is 0. The molecule has 0 bridgehead atoms. The predicted molar refractivity (Wildman–Crippen MR) is 67.5 cm³/mol. The van der Waals surface area contributed by atoms with Crippen LogP contribution < -0.4 is 5.73 Å². The molecule has 0 aromatic rings. The summed E-state index contributed by atoms with van der Waals surface area (Å²) in [7, 11) is 8.11. The first-order valence-electron chi connectivity index (χ1n) is 5.77. The highest BCUT2D eigenvalue weighted by Gasteiger charge is 2.08. The maximum atomic E-state index is 11.2. The Bertz CT molecular complexity index is 180. The molecule has 0 atom stereocenters. The molecule has 5 heteroatoms. The molecule has 16 heavy (non-hydrogen) atoms. The van der Waals surface area contributed by atoms with Gasteiger partial charge in [-0.05, 0) is 54.1 Å². The van der Waals surface area contributed by atoms with E-state index in [9.17, 15) is 4.79 Å². The number of carbonyl (C=O) groups excluding carboxylic acids is 1. The summed E-state index contributed by atoms with van der Waals surface area (Å²) in [5, 5.41) is 0. The van der Waals surface area contributed by atoms with Gasteiger partial charge in [0.15, 0.2) is 0 Å². The summed E-state index contributed by atoms with van der Waals surface area (Å²) in [4.78, 5) is 17.1. The topological polar surface area (TPSA) is 52.8 Å². The van der Waals surface area contributed by atoms with Gasteiger partial charge in [-0.1, -0.05) is 0 Å². The Morgan fingerprint density at radius 3 is 1.50 bits per heavy atom. The fourth-order valence-corrected chi connectivity index (χ4v) is 1.49. The number of nitrogens with zero attached hydrogens (tertiary/aromatic N) is 3. The molecule has 0 fully saturated rings. The standard InChI is InChI=1S/C11H26N4O/c1-13(2)7-5-9-15(11(12)16)10-6-8-14(3)4/h5-10H2,1-4H3,(H2,12,16). The first-order chi connectivity index (χ1) is 7.43. The lowest BCUT2D eigenvalue weighted by Crippen LogP contribution is -2.39. The van der Waals surface area contributed by atoms with E-state index in [1.165, 1.54) is 0 Å². The van der Waals surface area contributed by atoms with Crippen LogP contribution in [0.25, 0.3) is 0 Å². The van der Waals surface area contributed by atoms with Gasteiger partial charge in [0.1, 0.15) is 0 Å². The summed E-state index contributed by atoms with van der Waals surface area (Å²) in [6.07, 6.45) is 1.94. The van der Waals surface area contributed by atoms with Crippen LogP contribution in [0.4, 0.5) is 4.79 Å². The summed E-state index contributed by atoms with van der Waals surface area (Å²) in [5.41, 5.74) is 5.33. The van der Waals surface area contributed by atoms with E-state index in [-0.39, 0.29) is 6.03 Å². The highest BCUT2D eigenvalue weighted by atomic mass is 16.2. The Morgan fingerprint density at radius 2 is 1.25 bits per heavy atom. The van der Waals surface area contributed by atoms with Gasteiger partial charge in [-0.25, -0.2) is 4.79 Å². The van der Waals surface area contributed by atoms with Crippen molar-refractivity contribution in [2.75, 3.05) is 54.4 Å². The fraction of sp³-hybridized carbons (Fsp3) is 0.909. The number of amides is 2. The number of rotatable bonds is 8. The van der Waals surface area contributed by atoms with Crippen molar-refractivity contribution in [3.8, 4) is 0 Å². The molecule has 0 heterocycles. The summed E-state index contributed by atoms with van der Waals surface area (Å²) < 4.78 is 0. The van der Waals surface area contributed by atoms with Crippen molar-refractivity contribution in [2.24, 2.45) is 5.73 Å². The molecule has 0 rings (SSSR count). The van der Waals surface area contributed by atoms with Crippen LogP contribution in [0.2, 0.25) is 0 Å². The molecule has 0 radical (unpaired) electrons. The highest BCUT2D eigenvalue weighted by molar-refractivity contribution is 5.71. The van der Waals surface area contributed by atoms with Crippen LogP contribution in [0.15, 0.2) is 0 Å². The molecule has 0 aliphatic carbocycles. The molecule has 0 unspecified atom stereocenters. The summed E-state index contributed by atoms with van der Waals surface area (Å²) >= 11 is 0. The van der Waals surface area contributed by atoms with Crippen LogP contribution >= 0.6 is 0 Å². The van der Waals surface area contributed by atoms with Gasteiger partial charge in [-0.15, -0.1) is 0 Å². The molecule has 2 N–H and O–H groups in total. The van der Waals surface area contributed by atoms with Gasteiger partial charge in [-0.3, -0.25) is 0 Å². The van der Waals surface area contributed by atoms with Crippen LogP contribution in [0.1, 0.15) is 12.8 Å².